The zero-order valence-corrected chi connectivity index (χ0v) is 13.5. The number of hydrogen-bond acceptors (Lipinski definition) is 5. The minimum absolute atomic E-state index is 0.00277. The molecule has 0 aliphatic carbocycles. The fourth-order valence-corrected chi connectivity index (χ4v) is 2.53. The average Bonchev–Trinajstić information content (AvgIpc) is 3.01. The lowest BCUT2D eigenvalue weighted by atomic mass is 10.0. The number of nitrogens with one attached hydrogen (secondary N) is 1. The number of carbonyl (C=O) groups is 1. The fraction of sp³-hybridized carbons (Fsp3) is 0.176. The Morgan fingerprint density at radius 1 is 1.31 bits per heavy atom. The van der Waals surface area contributed by atoms with Crippen LogP contribution in [0.15, 0.2) is 60.6 Å². The van der Waals surface area contributed by atoms with Crippen LogP contribution < -0.4 is 10.2 Å². The molecule has 1 unspecified atom stereocenters. The van der Waals surface area contributed by atoms with Crippen LogP contribution in [0.5, 0.6) is 5.75 Å². The minimum atomic E-state index is -4.78. The van der Waals surface area contributed by atoms with E-state index in [1.807, 2.05) is 5.43 Å². The Hall–Kier alpha value is -3.07. The third kappa shape index (κ3) is 3.08. The molecule has 6 nitrogen and oxygen atoms in total. The summed E-state index contributed by atoms with van der Waals surface area (Å²) >= 11 is 0. The summed E-state index contributed by atoms with van der Waals surface area (Å²) in [5.41, 5.74) is -1.61. The van der Waals surface area contributed by atoms with E-state index < -0.39 is 23.5 Å². The molecule has 1 aromatic carbocycles. The number of aliphatic hydroxyl groups is 1. The Bertz CT molecular complexity index is 855. The molecule has 3 rings (SSSR count). The van der Waals surface area contributed by atoms with E-state index in [0.29, 0.717) is 16.8 Å². The molecule has 0 radical (unpaired) electrons. The summed E-state index contributed by atoms with van der Waals surface area (Å²) in [5.74, 6) is -0.519. The summed E-state index contributed by atoms with van der Waals surface area (Å²) < 4.78 is 44.5. The largest absolute Gasteiger partial charge is 0.497 e. The lowest BCUT2D eigenvalue weighted by Crippen LogP contribution is -2.51. The Balaban J connectivity index is 2.06. The average molecular weight is 365 g/mol. The van der Waals surface area contributed by atoms with Gasteiger partial charge in [0.15, 0.2) is 0 Å². The highest BCUT2D eigenvalue weighted by atomic mass is 19.4. The number of aromatic nitrogens is 1. The monoisotopic (exact) mass is 365 g/mol. The molecule has 1 aliphatic rings. The van der Waals surface area contributed by atoms with Crippen molar-refractivity contribution >= 4 is 5.91 Å². The van der Waals surface area contributed by atoms with Gasteiger partial charge in [-0.05, 0) is 24.3 Å². The topological polar surface area (TPSA) is 74.7 Å². The van der Waals surface area contributed by atoms with Crippen LogP contribution in [0.1, 0.15) is 15.9 Å². The first kappa shape index (κ1) is 17.7. The molecule has 0 bridgehead atoms. The number of rotatable bonds is 3. The van der Waals surface area contributed by atoms with Gasteiger partial charge in [-0.1, -0.05) is 12.1 Å². The van der Waals surface area contributed by atoms with Crippen molar-refractivity contribution in [1.82, 2.24) is 15.4 Å². The summed E-state index contributed by atoms with van der Waals surface area (Å²) in [6.07, 6.45) is -1.65. The maximum absolute atomic E-state index is 13.2. The quantitative estimate of drug-likeness (QED) is 0.873. The molecule has 2 heterocycles. The first-order valence-electron chi connectivity index (χ1n) is 7.44. The standard InChI is InChI=1S/C17H14F3N3O3/c1-26-13-6-2-4-11(8-13)15(24)23-16(25,12-5-3-7-21-10-12)9-14(22-23)17(18,19)20/h2-10,22,25H,1H3. The molecule has 0 spiro atoms. The van der Waals surface area contributed by atoms with Crippen LogP contribution in [-0.2, 0) is 5.72 Å². The number of hydrazine groups is 1. The van der Waals surface area contributed by atoms with Crippen LogP contribution >= 0.6 is 0 Å². The van der Waals surface area contributed by atoms with E-state index in [1.54, 1.807) is 6.07 Å². The molecule has 0 saturated heterocycles. The van der Waals surface area contributed by atoms with Crippen molar-refractivity contribution in [3.05, 3.63) is 71.7 Å². The van der Waals surface area contributed by atoms with Crippen LogP contribution in [0, 0.1) is 0 Å². The fourth-order valence-electron chi connectivity index (χ4n) is 2.53. The highest BCUT2D eigenvalue weighted by molar-refractivity contribution is 5.95. The first-order valence-corrected chi connectivity index (χ1v) is 7.44. The normalized spacial score (nSPS) is 19.7. The summed E-state index contributed by atoms with van der Waals surface area (Å²) in [5, 5.41) is 11.4. The van der Waals surface area contributed by atoms with Crippen LogP contribution in [0.4, 0.5) is 13.2 Å². The Morgan fingerprint density at radius 3 is 2.69 bits per heavy atom. The van der Waals surface area contributed by atoms with Crippen molar-refractivity contribution < 1.29 is 27.8 Å². The number of amides is 1. The van der Waals surface area contributed by atoms with Crippen molar-refractivity contribution in [2.75, 3.05) is 7.11 Å². The van der Waals surface area contributed by atoms with Gasteiger partial charge in [0.05, 0.1) is 7.11 Å². The summed E-state index contributed by atoms with van der Waals surface area (Å²) in [6.45, 7) is 0. The van der Waals surface area contributed by atoms with Gasteiger partial charge < -0.3 is 9.84 Å². The van der Waals surface area contributed by atoms with Gasteiger partial charge in [-0.25, -0.2) is 5.01 Å². The van der Waals surface area contributed by atoms with E-state index in [2.05, 4.69) is 4.98 Å². The maximum Gasteiger partial charge on any atom is 0.432 e. The number of carbonyl (C=O) groups excluding carboxylic acids is 1. The molecule has 26 heavy (non-hydrogen) atoms. The van der Waals surface area contributed by atoms with Gasteiger partial charge in [0.2, 0.25) is 5.72 Å². The lowest BCUT2D eigenvalue weighted by molar-refractivity contribution is -0.104. The second kappa shape index (κ2) is 6.34. The molecule has 2 aromatic rings. The molecule has 0 fully saturated rings. The van der Waals surface area contributed by atoms with Gasteiger partial charge in [-0.15, -0.1) is 0 Å². The first-order chi connectivity index (χ1) is 12.3. The number of benzene rings is 1. The number of methoxy groups -OCH3 is 1. The molecule has 2 N–H and O–H groups in total. The van der Waals surface area contributed by atoms with Crippen LogP contribution in [0.2, 0.25) is 0 Å². The predicted octanol–water partition coefficient (Wildman–Crippen LogP) is 2.34. The number of ether oxygens (including phenoxy) is 1. The van der Waals surface area contributed by atoms with E-state index >= 15 is 0 Å². The Kier molecular flexibility index (Phi) is 4.33. The highest BCUT2D eigenvalue weighted by Crippen LogP contribution is 2.38. The number of alkyl halides is 3. The van der Waals surface area contributed by atoms with E-state index in [1.165, 1.54) is 49.8 Å². The number of nitrogens with zero attached hydrogens (tertiary/aromatic N) is 2. The van der Waals surface area contributed by atoms with Crippen molar-refractivity contribution in [3.63, 3.8) is 0 Å². The zero-order chi connectivity index (χ0) is 18.9. The zero-order valence-electron chi connectivity index (χ0n) is 13.5. The van der Waals surface area contributed by atoms with E-state index in [4.69, 9.17) is 4.74 Å². The third-order valence-electron chi connectivity index (χ3n) is 3.83. The summed E-state index contributed by atoms with van der Waals surface area (Å²) in [7, 11) is 1.40. The number of allylic oxidation sites excluding steroid dienone is 1. The maximum atomic E-state index is 13.2. The molecule has 1 aromatic heterocycles. The second-order valence-electron chi connectivity index (χ2n) is 5.51. The molecule has 1 aliphatic heterocycles. The van der Waals surface area contributed by atoms with Gasteiger partial charge in [0, 0.05) is 29.6 Å². The van der Waals surface area contributed by atoms with Crippen molar-refractivity contribution in [2.24, 2.45) is 0 Å². The SMILES string of the molecule is COc1cccc(C(=O)N2NC(C(F)(F)F)=CC2(O)c2cccnc2)c1. The van der Waals surface area contributed by atoms with E-state index in [-0.39, 0.29) is 11.1 Å². The van der Waals surface area contributed by atoms with Crippen molar-refractivity contribution in [1.29, 1.82) is 0 Å². The van der Waals surface area contributed by atoms with Crippen LogP contribution in [0.3, 0.4) is 0 Å². The summed E-state index contributed by atoms with van der Waals surface area (Å²) in [6, 6.07) is 8.68. The highest BCUT2D eigenvalue weighted by Gasteiger charge is 2.50. The van der Waals surface area contributed by atoms with Crippen LogP contribution in [-0.4, -0.2) is 34.3 Å². The molecular formula is C17H14F3N3O3. The van der Waals surface area contributed by atoms with Gasteiger partial charge in [-0.2, -0.15) is 13.2 Å². The minimum Gasteiger partial charge on any atom is -0.497 e. The second-order valence-corrected chi connectivity index (χ2v) is 5.51. The van der Waals surface area contributed by atoms with Crippen LogP contribution in [0.25, 0.3) is 0 Å². The number of halogens is 3. The predicted molar refractivity (Wildman–Crippen MR) is 84.6 cm³/mol. The molecule has 1 amide bonds. The molecule has 0 saturated carbocycles. The van der Waals surface area contributed by atoms with Gasteiger partial charge >= 0.3 is 6.18 Å². The van der Waals surface area contributed by atoms with Crippen molar-refractivity contribution in [3.8, 4) is 5.75 Å². The third-order valence-corrected chi connectivity index (χ3v) is 3.83. The van der Waals surface area contributed by atoms with Gasteiger partial charge in [-0.3, -0.25) is 15.2 Å². The number of hydrogen-bond donors (Lipinski definition) is 2. The van der Waals surface area contributed by atoms with Gasteiger partial charge in [0.1, 0.15) is 11.4 Å². The van der Waals surface area contributed by atoms with Crippen molar-refractivity contribution in [2.45, 2.75) is 11.9 Å². The molecule has 136 valence electrons. The smallest absolute Gasteiger partial charge is 0.432 e. The van der Waals surface area contributed by atoms with E-state index in [0.717, 1.165) is 0 Å². The molecular weight excluding hydrogens is 351 g/mol. The summed E-state index contributed by atoms with van der Waals surface area (Å²) in [4.78, 5) is 16.6. The molecule has 1 atom stereocenters. The Labute approximate surface area is 146 Å². The van der Waals surface area contributed by atoms with Gasteiger partial charge in [0.25, 0.3) is 5.91 Å². The Morgan fingerprint density at radius 2 is 2.08 bits per heavy atom. The lowest BCUT2D eigenvalue weighted by Gasteiger charge is -2.32. The number of pyridine rings is 1. The molecule has 9 heteroatoms. The van der Waals surface area contributed by atoms with E-state index in [9.17, 15) is 23.1 Å².